The van der Waals surface area contributed by atoms with E-state index in [1.165, 1.54) is 51.4 Å². The zero-order chi connectivity index (χ0) is 35.8. The van der Waals surface area contributed by atoms with Gasteiger partial charge < -0.3 is 20.1 Å². The van der Waals surface area contributed by atoms with Crippen LogP contribution < -0.4 is 10.6 Å². The van der Waals surface area contributed by atoms with Crippen molar-refractivity contribution in [3.05, 3.63) is 11.6 Å². The Morgan fingerprint density at radius 1 is 0.857 bits per heavy atom. The monoisotopic (exact) mass is 685 g/mol. The lowest BCUT2D eigenvalue weighted by molar-refractivity contribution is -0.0583. The lowest BCUT2D eigenvalue weighted by Gasteiger charge is -2.58. The van der Waals surface area contributed by atoms with Gasteiger partial charge in [0.25, 0.3) is 0 Å². The van der Waals surface area contributed by atoms with Crippen LogP contribution in [0, 0.1) is 52.3 Å². The predicted octanol–water partition coefficient (Wildman–Crippen LogP) is 11.6. The summed E-state index contributed by atoms with van der Waals surface area (Å²) in [5, 5.41) is 5.85. The van der Waals surface area contributed by atoms with Crippen molar-refractivity contribution in [1.82, 2.24) is 10.6 Å². The van der Waals surface area contributed by atoms with E-state index >= 15 is 0 Å². The number of alkyl carbamates (subject to hydrolysis) is 2. The first kappa shape index (κ1) is 40.1. The minimum Gasteiger partial charge on any atom is -0.446 e. The van der Waals surface area contributed by atoms with E-state index in [9.17, 15) is 9.59 Å². The number of nitrogens with one attached hydrogen (secondary N) is 2. The van der Waals surface area contributed by atoms with Gasteiger partial charge in [-0.1, -0.05) is 91.7 Å². The molecule has 2 amide bonds. The molecule has 0 aromatic rings. The van der Waals surface area contributed by atoms with Crippen LogP contribution in [0.4, 0.5) is 9.59 Å². The molecule has 3 saturated carbocycles. The summed E-state index contributed by atoms with van der Waals surface area (Å²) in [5.41, 5.74) is 1.93. The molecule has 6 heteroatoms. The van der Waals surface area contributed by atoms with Gasteiger partial charge in [0.2, 0.25) is 0 Å². The number of carbonyl (C=O) groups excluding carboxylic acids is 2. The molecule has 4 aliphatic carbocycles. The van der Waals surface area contributed by atoms with E-state index in [2.05, 4.69) is 58.3 Å². The van der Waals surface area contributed by atoms with Gasteiger partial charge in [-0.25, -0.2) is 9.59 Å². The zero-order valence-corrected chi connectivity index (χ0v) is 33.3. The summed E-state index contributed by atoms with van der Waals surface area (Å²) in [6.45, 7) is 22.0. The zero-order valence-electron chi connectivity index (χ0n) is 33.3. The van der Waals surface area contributed by atoms with E-state index in [-0.39, 0.29) is 23.7 Å². The minimum atomic E-state index is -0.457. The highest BCUT2D eigenvalue weighted by molar-refractivity contribution is 5.67. The van der Waals surface area contributed by atoms with Crippen LogP contribution in [0.5, 0.6) is 0 Å². The van der Waals surface area contributed by atoms with Crippen LogP contribution in [-0.2, 0) is 9.47 Å². The second-order valence-electron chi connectivity index (χ2n) is 18.7. The molecule has 3 fully saturated rings. The third kappa shape index (κ3) is 10.4. The molecule has 0 aromatic heterocycles. The number of ether oxygens (including phenoxy) is 2. The molecule has 9 atom stereocenters. The summed E-state index contributed by atoms with van der Waals surface area (Å²) in [7, 11) is 0. The second-order valence-corrected chi connectivity index (χ2v) is 18.7. The number of fused-ring (bicyclic) bond motifs is 5. The second kappa shape index (κ2) is 17.7. The predicted molar refractivity (Wildman–Crippen MR) is 202 cm³/mol. The maximum atomic E-state index is 12.7. The van der Waals surface area contributed by atoms with Crippen molar-refractivity contribution < 1.29 is 19.1 Å². The first-order chi connectivity index (χ1) is 23.2. The molecule has 0 aromatic carbocycles. The normalized spacial score (nSPS) is 32.3. The van der Waals surface area contributed by atoms with Gasteiger partial charge in [0.15, 0.2) is 0 Å². The number of carbonyl (C=O) groups is 2. The lowest BCUT2D eigenvalue weighted by Crippen LogP contribution is -2.51. The minimum absolute atomic E-state index is 0.00789. The average Bonchev–Trinajstić information content (AvgIpc) is 3.38. The summed E-state index contributed by atoms with van der Waals surface area (Å²) >= 11 is 0. The molecule has 2 N–H and O–H groups in total. The highest BCUT2D eigenvalue weighted by Crippen LogP contribution is 2.67. The first-order valence-electron chi connectivity index (χ1n) is 20.8. The standard InChI is InChI=1S/C43H76N2O4/c1-10-32(30(2)3)18-17-31(4)36-21-22-37-35-20-19-33-29-34(23-25-42(33,8)38(35)24-26-43(36,37)9)48-39(46)44-27-15-13-11-12-14-16-28-45-40(47)49-41(5,6)7/h19,30-32,34-38H,10-18,20-29H2,1-9H3,(H,44,46)(H,45,47)/t31-,32-,34+,35+,36-,37+,38+,42+,43-/m1/s1. The summed E-state index contributed by atoms with van der Waals surface area (Å²) < 4.78 is 11.3. The number of allylic oxidation sites excluding steroid dienone is 1. The van der Waals surface area contributed by atoms with Crippen LogP contribution in [0.1, 0.15) is 171 Å². The fourth-order valence-corrected chi connectivity index (χ4v) is 11.2. The number of hydrogen-bond acceptors (Lipinski definition) is 4. The molecular formula is C43H76N2O4. The smallest absolute Gasteiger partial charge is 0.407 e. The van der Waals surface area contributed by atoms with E-state index in [1.54, 1.807) is 5.57 Å². The number of amides is 2. The first-order valence-corrected chi connectivity index (χ1v) is 20.8. The summed E-state index contributed by atoms with van der Waals surface area (Å²) in [6.07, 6.45) is 22.5. The Balaban J connectivity index is 1.15. The van der Waals surface area contributed by atoms with E-state index in [0.29, 0.717) is 18.5 Å². The van der Waals surface area contributed by atoms with E-state index in [4.69, 9.17) is 9.47 Å². The summed E-state index contributed by atoms with van der Waals surface area (Å²) in [6, 6.07) is 0. The maximum absolute atomic E-state index is 12.7. The van der Waals surface area contributed by atoms with Gasteiger partial charge in [-0.2, -0.15) is 0 Å². The molecule has 0 aliphatic heterocycles. The Labute approximate surface area is 301 Å². The fraction of sp³-hybridized carbons (Fsp3) is 0.907. The third-order valence-electron chi connectivity index (χ3n) is 14.1. The van der Waals surface area contributed by atoms with E-state index in [1.807, 2.05) is 20.8 Å². The van der Waals surface area contributed by atoms with Gasteiger partial charge in [-0.3, -0.25) is 0 Å². The summed E-state index contributed by atoms with van der Waals surface area (Å²) in [5.74, 6) is 5.92. The van der Waals surface area contributed by atoms with Crippen molar-refractivity contribution in [3.8, 4) is 0 Å². The largest absolute Gasteiger partial charge is 0.446 e. The molecule has 0 unspecified atom stereocenters. The van der Waals surface area contributed by atoms with E-state index in [0.717, 1.165) is 99.2 Å². The number of unbranched alkanes of at least 4 members (excludes halogenated alkanes) is 5. The van der Waals surface area contributed by atoms with Gasteiger partial charge in [0.05, 0.1) is 0 Å². The summed E-state index contributed by atoms with van der Waals surface area (Å²) in [4.78, 5) is 24.4. The Morgan fingerprint density at radius 2 is 1.51 bits per heavy atom. The van der Waals surface area contributed by atoms with Gasteiger partial charge in [-0.15, -0.1) is 0 Å². The maximum Gasteiger partial charge on any atom is 0.407 e. The molecule has 0 radical (unpaired) electrons. The Kier molecular flexibility index (Phi) is 14.4. The third-order valence-corrected chi connectivity index (χ3v) is 14.1. The average molecular weight is 685 g/mol. The Hall–Kier alpha value is -1.72. The lowest BCUT2D eigenvalue weighted by atomic mass is 9.47. The van der Waals surface area contributed by atoms with Crippen LogP contribution in [0.2, 0.25) is 0 Å². The Morgan fingerprint density at radius 3 is 2.14 bits per heavy atom. The van der Waals surface area contributed by atoms with Gasteiger partial charge in [0.1, 0.15) is 11.7 Å². The quantitative estimate of drug-likeness (QED) is 0.125. The van der Waals surface area contributed by atoms with Crippen molar-refractivity contribution in [2.75, 3.05) is 13.1 Å². The van der Waals surface area contributed by atoms with Gasteiger partial charge >= 0.3 is 12.2 Å². The van der Waals surface area contributed by atoms with Crippen molar-refractivity contribution in [1.29, 1.82) is 0 Å². The van der Waals surface area contributed by atoms with Crippen molar-refractivity contribution in [2.24, 2.45) is 52.3 Å². The molecule has 0 spiro atoms. The molecule has 282 valence electrons. The SMILES string of the molecule is CC[C@H](CC[C@@H](C)[C@H]1CC[C@H]2[C@@H]3CC=C4C[C@@H](OC(=O)NCCCCCCCCNC(=O)OC(C)(C)C)CC[C@]4(C)[C@H]3CC[C@]12C)C(C)C. The highest BCUT2D eigenvalue weighted by atomic mass is 16.6. The van der Waals surface area contributed by atoms with Gasteiger partial charge in [0, 0.05) is 19.5 Å². The van der Waals surface area contributed by atoms with Crippen LogP contribution >= 0.6 is 0 Å². The molecule has 4 aliphatic rings. The van der Waals surface area contributed by atoms with Crippen molar-refractivity contribution >= 4 is 12.2 Å². The van der Waals surface area contributed by atoms with E-state index < -0.39 is 5.60 Å². The topological polar surface area (TPSA) is 76.7 Å². The molecule has 0 heterocycles. The molecule has 0 saturated heterocycles. The van der Waals surface area contributed by atoms with Crippen molar-refractivity contribution in [3.63, 3.8) is 0 Å². The molecule has 49 heavy (non-hydrogen) atoms. The number of rotatable bonds is 16. The van der Waals surface area contributed by atoms with Crippen LogP contribution in [0.25, 0.3) is 0 Å². The fourth-order valence-electron chi connectivity index (χ4n) is 11.2. The highest BCUT2D eigenvalue weighted by Gasteiger charge is 2.59. The molecule has 6 nitrogen and oxygen atoms in total. The van der Waals surface area contributed by atoms with Crippen molar-refractivity contribution in [2.45, 2.75) is 183 Å². The van der Waals surface area contributed by atoms with Gasteiger partial charge in [-0.05, 0) is 137 Å². The van der Waals surface area contributed by atoms with Crippen LogP contribution in [-0.4, -0.2) is 37.0 Å². The van der Waals surface area contributed by atoms with Crippen LogP contribution in [0.15, 0.2) is 11.6 Å². The molecular weight excluding hydrogens is 608 g/mol. The van der Waals surface area contributed by atoms with Crippen LogP contribution in [0.3, 0.4) is 0 Å². The molecule has 4 rings (SSSR count). The Bertz CT molecular complexity index is 1100. The molecule has 0 bridgehead atoms. The number of hydrogen-bond donors (Lipinski definition) is 2.